The zero-order valence-electron chi connectivity index (χ0n) is 9.80. The highest BCUT2D eigenvalue weighted by atomic mass is 32.1. The van der Waals surface area contributed by atoms with E-state index in [1.54, 1.807) is 24.3 Å². The number of benzene rings is 1. The number of rotatable bonds is 7. The van der Waals surface area contributed by atoms with Crippen LogP contribution in [0.2, 0.25) is 0 Å². The Hall–Kier alpha value is -1.69. The third-order valence-corrected chi connectivity index (χ3v) is 2.78. The van der Waals surface area contributed by atoms with Gasteiger partial charge in [-0.15, -0.1) is 0 Å². The fraction of sp³-hybridized carbons (Fsp3) is 0.333. The molecule has 1 atom stereocenters. The maximum Gasteiger partial charge on any atom is 0.243 e. The number of carbonyl (C=O) groups excluding carboxylic acids is 2. The Morgan fingerprint density at radius 2 is 2.06 bits per heavy atom. The molecule has 0 aromatic heterocycles. The third-order valence-electron chi connectivity index (χ3n) is 2.42. The number of thiol groups is 1. The Morgan fingerprint density at radius 1 is 1.39 bits per heavy atom. The molecule has 0 spiro atoms. The molecule has 0 heterocycles. The average Bonchev–Trinajstić information content (AvgIpc) is 2.38. The minimum absolute atomic E-state index is 0.216. The van der Waals surface area contributed by atoms with Crippen LogP contribution in [0.25, 0.3) is 0 Å². The van der Waals surface area contributed by atoms with Crippen LogP contribution in [-0.4, -0.2) is 35.8 Å². The first-order valence-electron chi connectivity index (χ1n) is 5.53. The summed E-state index contributed by atoms with van der Waals surface area (Å²) in [4.78, 5) is 21.8. The van der Waals surface area contributed by atoms with Gasteiger partial charge in [0, 0.05) is 12.3 Å². The predicted molar refractivity (Wildman–Crippen MR) is 71.7 cm³/mol. The van der Waals surface area contributed by atoms with Gasteiger partial charge in [-0.05, 0) is 24.1 Å². The number of nitrogens with one attached hydrogen (secondary N) is 2. The van der Waals surface area contributed by atoms with Crippen molar-refractivity contribution in [2.24, 2.45) is 0 Å². The predicted octanol–water partition coefficient (Wildman–Crippen LogP) is 0.0953. The van der Waals surface area contributed by atoms with Gasteiger partial charge in [0.2, 0.25) is 12.3 Å². The second kappa shape index (κ2) is 7.60. The monoisotopic (exact) mass is 268 g/mol. The molecule has 1 rings (SSSR count). The number of amides is 2. The normalized spacial score (nSPS) is 11.6. The van der Waals surface area contributed by atoms with Gasteiger partial charge in [-0.1, -0.05) is 12.1 Å². The number of carbonyl (C=O) groups is 2. The molecule has 18 heavy (non-hydrogen) atoms. The second-order valence-corrected chi connectivity index (χ2v) is 4.09. The molecule has 1 aromatic rings. The lowest BCUT2D eigenvalue weighted by Gasteiger charge is -2.13. The van der Waals surface area contributed by atoms with Gasteiger partial charge >= 0.3 is 0 Å². The first-order valence-corrected chi connectivity index (χ1v) is 6.16. The Bertz CT molecular complexity index is 395. The minimum atomic E-state index is -0.606. The van der Waals surface area contributed by atoms with Crippen LogP contribution in [0.15, 0.2) is 24.3 Å². The van der Waals surface area contributed by atoms with E-state index in [-0.39, 0.29) is 17.4 Å². The summed E-state index contributed by atoms with van der Waals surface area (Å²) in [6.45, 7) is 0.467. The van der Waals surface area contributed by atoms with Crippen LogP contribution in [0.3, 0.4) is 0 Å². The van der Waals surface area contributed by atoms with Crippen LogP contribution in [0, 0.1) is 0 Å². The van der Waals surface area contributed by atoms with Gasteiger partial charge in [-0.3, -0.25) is 9.59 Å². The van der Waals surface area contributed by atoms with Crippen LogP contribution in [-0.2, 0) is 16.0 Å². The zero-order chi connectivity index (χ0) is 13.4. The van der Waals surface area contributed by atoms with Crippen molar-refractivity contribution in [2.75, 3.05) is 12.3 Å². The van der Waals surface area contributed by atoms with Gasteiger partial charge in [-0.2, -0.15) is 12.6 Å². The summed E-state index contributed by atoms with van der Waals surface area (Å²) in [5.74, 6) is 0.216. The van der Waals surface area contributed by atoms with Gasteiger partial charge in [0.1, 0.15) is 11.8 Å². The maximum absolute atomic E-state index is 11.6. The van der Waals surface area contributed by atoms with E-state index in [1.165, 1.54) is 0 Å². The molecule has 2 amide bonds. The van der Waals surface area contributed by atoms with E-state index >= 15 is 0 Å². The lowest BCUT2D eigenvalue weighted by molar-refractivity contribution is -0.124. The maximum atomic E-state index is 11.6. The Kier molecular flexibility index (Phi) is 6.07. The van der Waals surface area contributed by atoms with Crippen molar-refractivity contribution in [3.63, 3.8) is 0 Å². The van der Waals surface area contributed by atoms with E-state index < -0.39 is 6.04 Å². The second-order valence-electron chi connectivity index (χ2n) is 3.73. The molecule has 0 saturated carbocycles. The van der Waals surface area contributed by atoms with Gasteiger partial charge in [-0.25, -0.2) is 0 Å². The van der Waals surface area contributed by atoms with E-state index in [0.717, 1.165) is 5.56 Å². The third kappa shape index (κ3) is 4.67. The molecule has 1 unspecified atom stereocenters. The number of phenols is 1. The summed E-state index contributed by atoms with van der Waals surface area (Å²) in [5, 5.41) is 14.2. The molecule has 6 heteroatoms. The minimum Gasteiger partial charge on any atom is -0.508 e. The Morgan fingerprint density at radius 3 is 2.61 bits per heavy atom. The van der Waals surface area contributed by atoms with Crippen LogP contribution in [0.4, 0.5) is 0 Å². The van der Waals surface area contributed by atoms with Crippen LogP contribution in [0.5, 0.6) is 5.75 Å². The Balaban J connectivity index is 2.34. The molecule has 1 aromatic carbocycles. The number of hydrogen-bond donors (Lipinski definition) is 4. The molecule has 0 aliphatic carbocycles. The van der Waals surface area contributed by atoms with Gasteiger partial charge in [0.25, 0.3) is 0 Å². The quantitative estimate of drug-likeness (QED) is 0.418. The van der Waals surface area contributed by atoms with Crippen molar-refractivity contribution in [3.8, 4) is 5.75 Å². The smallest absolute Gasteiger partial charge is 0.243 e. The topological polar surface area (TPSA) is 78.4 Å². The van der Waals surface area contributed by atoms with E-state index in [0.29, 0.717) is 19.4 Å². The molecule has 0 fully saturated rings. The fourth-order valence-corrected chi connectivity index (χ4v) is 1.68. The van der Waals surface area contributed by atoms with Crippen molar-refractivity contribution in [3.05, 3.63) is 29.8 Å². The summed E-state index contributed by atoms with van der Waals surface area (Å²) in [6, 6.07) is 6.18. The molecular weight excluding hydrogens is 252 g/mol. The molecule has 98 valence electrons. The fourth-order valence-electron chi connectivity index (χ4n) is 1.41. The van der Waals surface area contributed by atoms with Crippen molar-refractivity contribution in [2.45, 2.75) is 12.5 Å². The standard InChI is InChI=1S/C12H16N2O3S/c15-8-14-11(7-18)12(17)13-6-5-9-1-3-10(16)4-2-9/h1-4,8,11,16,18H,5-7H2,(H,13,17)(H,14,15). The SMILES string of the molecule is O=CNC(CS)C(=O)NCCc1ccc(O)cc1. The van der Waals surface area contributed by atoms with Crippen molar-refractivity contribution in [1.29, 1.82) is 0 Å². The van der Waals surface area contributed by atoms with Crippen molar-refractivity contribution < 1.29 is 14.7 Å². The molecular formula is C12H16N2O3S. The van der Waals surface area contributed by atoms with E-state index in [4.69, 9.17) is 5.11 Å². The first-order chi connectivity index (χ1) is 8.67. The van der Waals surface area contributed by atoms with Gasteiger partial charge < -0.3 is 15.7 Å². The van der Waals surface area contributed by atoms with Crippen LogP contribution >= 0.6 is 12.6 Å². The first kappa shape index (κ1) is 14.4. The largest absolute Gasteiger partial charge is 0.508 e. The molecule has 0 radical (unpaired) electrons. The molecule has 0 aliphatic rings. The van der Waals surface area contributed by atoms with E-state index in [1.807, 2.05) is 0 Å². The lowest BCUT2D eigenvalue weighted by Crippen LogP contribution is -2.45. The summed E-state index contributed by atoms with van der Waals surface area (Å²) in [7, 11) is 0. The summed E-state index contributed by atoms with van der Waals surface area (Å²) in [5.41, 5.74) is 1.01. The van der Waals surface area contributed by atoms with Gasteiger partial charge in [0.05, 0.1) is 0 Å². The molecule has 0 saturated heterocycles. The molecule has 3 N–H and O–H groups in total. The number of hydrogen-bond acceptors (Lipinski definition) is 4. The summed E-state index contributed by atoms with van der Waals surface area (Å²) >= 11 is 3.98. The van der Waals surface area contributed by atoms with E-state index in [2.05, 4.69) is 23.3 Å². The van der Waals surface area contributed by atoms with Crippen molar-refractivity contribution >= 4 is 24.9 Å². The summed E-state index contributed by atoms with van der Waals surface area (Å²) in [6.07, 6.45) is 1.15. The van der Waals surface area contributed by atoms with Crippen molar-refractivity contribution in [1.82, 2.24) is 10.6 Å². The number of phenolic OH excluding ortho intramolecular Hbond substituents is 1. The van der Waals surface area contributed by atoms with E-state index in [9.17, 15) is 9.59 Å². The summed E-state index contributed by atoms with van der Waals surface area (Å²) < 4.78 is 0. The molecule has 5 nitrogen and oxygen atoms in total. The lowest BCUT2D eigenvalue weighted by atomic mass is 10.1. The molecule has 0 aliphatic heterocycles. The average molecular weight is 268 g/mol. The Labute approximate surface area is 111 Å². The van der Waals surface area contributed by atoms with Gasteiger partial charge in [0.15, 0.2) is 0 Å². The number of aromatic hydroxyl groups is 1. The molecule has 0 bridgehead atoms. The van der Waals surface area contributed by atoms with Crippen LogP contribution in [0.1, 0.15) is 5.56 Å². The van der Waals surface area contributed by atoms with Crippen LogP contribution < -0.4 is 10.6 Å². The highest BCUT2D eigenvalue weighted by molar-refractivity contribution is 7.80. The highest BCUT2D eigenvalue weighted by Crippen LogP contribution is 2.09. The highest BCUT2D eigenvalue weighted by Gasteiger charge is 2.14. The zero-order valence-corrected chi connectivity index (χ0v) is 10.7.